The number of nitrogens with zero attached hydrogens (tertiary/aromatic N) is 2. The van der Waals surface area contributed by atoms with Gasteiger partial charge in [-0.3, -0.25) is 33.8 Å². The zero-order valence-corrected chi connectivity index (χ0v) is 35.0. The van der Waals surface area contributed by atoms with Crippen molar-refractivity contribution < 1.29 is 33.5 Å². The van der Waals surface area contributed by atoms with Crippen molar-refractivity contribution in [3.8, 4) is 0 Å². The Morgan fingerprint density at radius 1 is 0.964 bits per heavy atom. The smallest absolute Gasteiger partial charge is 0.315 e. The summed E-state index contributed by atoms with van der Waals surface area (Å²) in [5.41, 5.74) is -0.639. The summed E-state index contributed by atoms with van der Waals surface area (Å²) >= 11 is 0. The number of ketones is 1. The van der Waals surface area contributed by atoms with Crippen molar-refractivity contribution in [1.29, 1.82) is 0 Å². The summed E-state index contributed by atoms with van der Waals surface area (Å²) in [5.74, 6) is -1.31. The van der Waals surface area contributed by atoms with Gasteiger partial charge in [0.25, 0.3) is 5.91 Å². The Labute approximate surface area is 334 Å². The zero-order chi connectivity index (χ0) is 40.8. The maximum atomic E-state index is 14.0. The van der Waals surface area contributed by atoms with Crippen LogP contribution in [-0.2, 0) is 28.7 Å². The second-order valence-corrected chi connectivity index (χ2v) is 19.2. The van der Waals surface area contributed by atoms with Gasteiger partial charge in [-0.2, -0.15) is 0 Å². The predicted molar refractivity (Wildman–Crippen MR) is 214 cm³/mol. The number of carbonyl (C=O) groups excluding carboxylic acids is 6. The van der Waals surface area contributed by atoms with E-state index in [1.807, 2.05) is 32.6 Å². The lowest BCUT2D eigenvalue weighted by atomic mass is 9.76. The molecule has 3 saturated carbocycles. The molecular formula is C43H70N6O7. The molecule has 1 spiro atoms. The molecule has 5 aliphatic rings. The summed E-state index contributed by atoms with van der Waals surface area (Å²) in [6.07, 6.45) is 13.4. The van der Waals surface area contributed by atoms with Crippen molar-refractivity contribution in [2.24, 2.45) is 34.0 Å². The maximum absolute atomic E-state index is 14.0. The van der Waals surface area contributed by atoms with E-state index in [2.05, 4.69) is 41.7 Å². The van der Waals surface area contributed by atoms with Crippen LogP contribution in [0.5, 0.6) is 0 Å². The number of piperidine rings is 2. The largest absolute Gasteiger partial charge is 0.364 e. The van der Waals surface area contributed by atoms with E-state index < -0.39 is 35.2 Å². The minimum absolute atomic E-state index is 0.0298. The number of amides is 6. The standard InChI is InChI=1S/C43H70N6O7/c1-8-10-18-30(37(52)39(54)44-21-9-2)45-38(53)36-35-29(42(35,6)7)24-48(36)27-56-26-31(28-16-12-11-13-17-28)46-40(55)47-32(41(3,4)5)25-49-33(50)22-43(23-34(49)51)19-14-15-20-43/h9,28-32,35-36H,2,8,10-27H2,1,3-7H3,(H,44,54)(H,45,53)(H2,46,47,55)/t29?,30?,31-,32-,35?,36+/m1/s1. The monoisotopic (exact) mass is 783 g/mol. The van der Waals surface area contributed by atoms with Gasteiger partial charge in [-0.1, -0.05) is 92.6 Å². The summed E-state index contributed by atoms with van der Waals surface area (Å²) in [5, 5.41) is 11.8. The number of likely N-dealkylation sites (tertiary alicyclic amines) is 2. The number of Topliss-reactive ketones (excluding diaryl/α,β-unsaturated/α-hetero) is 1. The molecule has 0 aromatic rings. The number of rotatable bonds is 18. The zero-order valence-electron chi connectivity index (χ0n) is 35.0. The maximum Gasteiger partial charge on any atom is 0.315 e. The van der Waals surface area contributed by atoms with E-state index >= 15 is 0 Å². The average molecular weight is 783 g/mol. The van der Waals surface area contributed by atoms with Crippen LogP contribution in [0.25, 0.3) is 0 Å². The molecule has 2 saturated heterocycles. The molecule has 13 nitrogen and oxygen atoms in total. The predicted octanol–water partition coefficient (Wildman–Crippen LogP) is 4.84. The number of hydrogen-bond acceptors (Lipinski definition) is 8. The number of unbranched alkanes of at least 4 members (excludes halogenated alkanes) is 1. The van der Waals surface area contributed by atoms with Gasteiger partial charge in [-0.25, -0.2) is 4.79 Å². The van der Waals surface area contributed by atoms with E-state index in [0.29, 0.717) is 38.1 Å². The molecule has 4 N–H and O–H groups in total. The first-order valence-corrected chi connectivity index (χ1v) is 21.5. The van der Waals surface area contributed by atoms with Gasteiger partial charge in [0.1, 0.15) is 0 Å². The third kappa shape index (κ3) is 10.4. The van der Waals surface area contributed by atoms with Crippen LogP contribution < -0.4 is 21.3 Å². The summed E-state index contributed by atoms with van der Waals surface area (Å²) in [7, 11) is 0. The van der Waals surface area contributed by atoms with Crippen molar-refractivity contribution in [3.05, 3.63) is 12.7 Å². The minimum atomic E-state index is -0.915. The third-order valence-electron chi connectivity index (χ3n) is 13.8. The number of hydrogen-bond donors (Lipinski definition) is 4. The highest BCUT2D eigenvalue weighted by molar-refractivity contribution is 6.38. The molecule has 13 heteroatoms. The summed E-state index contributed by atoms with van der Waals surface area (Å²) in [6, 6.07) is -2.51. The molecule has 3 unspecified atom stereocenters. The van der Waals surface area contributed by atoms with Gasteiger partial charge in [0, 0.05) is 32.5 Å². The Hall–Kier alpha value is -3.32. The number of nitrogens with one attached hydrogen (secondary N) is 4. The Balaban J connectivity index is 1.21. The fourth-order valence-corrected chi connectivity index (χ4v) is 10.1. The number of imide groups is 1. The summed E-state index contributed by atoms with van der Waals surface area (Å²) < 4.78 is 6.38. The van der Waals surface area contributed by atoms with Crippen LogP contribution in [0.4, 0.5) is 4.79 Å². The molecule has 6 amide bonds. The molecule has 3 aliphatic carbocycles. The van der Waals surface area contributed by atoms with Crippen molar-refractivity contribution >= 4 is 35.4 Å². The SMILES string of the molecule is C=CCNC(=O)C(=O)C(CCCC)NC(=O)[C@@H]1C2C(CN1COC[C@@H](NC(=O)N[C@H](CN1C(=O)CC3(CCCC3)CC1=O)C(C)(C)C)C1CCCCC1)C2(C)C. The molecule has 56 heavy (non-hydrogen) atoms. The van der Waals surface area contributed by atoms with Crippen molar-refractivity contribution in [3.63, 3.8) is 0 Å². The molecule has 0 aromatic carbocycles. The van der Waals surface area contributed by atoms with Gasteiger partial charge in [0.2, 0.25) is 23.5 Å². The van der Waals surface area contributed by atoms with E-state index in [-0.39, 0.29) is 78.9 Å². The number of ether oxygens (including phenoxy) is 1. The molecule has 0 bridgehead atoms. The average Bonchev–Trinajstić information content (AvgIpc) is 3.48. The first-order chi connectivity index (χ1) is 26.5. The van der Waals surface area contributed by atoms with Crippen LogP contribution in [-0.4, -0.2) is 102 Å². The van der Waals surface area contributed by atoms with Crippen molar-refractivity contribution in [2.45, 2.75) is 156 Å². The molecule has 5 fully saturated rings. The fourth-order valence-electron chi connectivity index (χ4n) is 10.1. The quantitative estimate of drug-likeness (QED) is 0.0872. The molecule has 5 rings (SSSR count). The fraction of sp³-hybridized carbons (Fsp3) is 0.814. The van der Waals surface area contributed by atoms with Crippen molar-refractivity contribution in [1.82, 2.24) is 31.1 Å². The molecule has 0 aromatic heterocycles. The molecule has 6 atom stereocenters. The molecular weight excluding hydrogens is 713 g/mol. The number of carbonyl (C=O) groups is 6. The van der Waals surface area contributed by atoms with E-state index in [0.717, 1.165) is 64.2 Å². The lowest BCUT2D eigenvalue weighted by Crippen LogP contribution is -2.59. The van der Waals surface area contributed by atoms with Gasteiger partial charge >= 0.3 is 6.03 Å². The number of fused-ring (bicyclic) bond motifs is 1. The van der Waals surface area contributed by atoms with Crippen LogP contribution in [0.3, 0.4) is 0 Å². The lowest BCUT2D eigenvalue weighted by Gasteiger charge is -2.41. The lowest BCUT2D eigenvalue weighted by molar-refractivity contribution is -0.154. The Morgan fingerprint density at radius 2 is 1.62 bits per heavy atom. The van der Waals surface area contributed by atoms with Crippen molar-refractivity contribution in [2.75, 3.05) is 33.0 Å². The van der Waals surface area contributed by atoms with Crippen LogP contribution >= 0.6 is 0 Å². The van der Waals surface area contributed by atoms with E-state index in [1.54, 1.807) is 0 Å². The summed E-state index contributed by atoms with van der Waals surface area (Å²) in [4.78, 5) is 83.6. The first kappa shape index (κ1) is 43.8. The van der Waals surface area contributed by atoms with Gasteiger partial charge < -0.3 is 26.0 Å². The van der Waals surface area contributed by atoms with E-state index in [1.165, 1.54) is 11.0 Å². The molecule has 2 aliphatic heterocycles. The minimum Gasteiger partial charge on any atom is -0.364 e. The molecule has 0 radical (unpaired) electrons. The Bertz CT molecular complexity index is 1440. The van der Waals surface area contributed by atoms with Crippen LogP contribution in [0.1, 0.15) is 131 Å². The second-order valence-electron chi connectivity index (χ2n) is 19.2. The van der Waals surface area contributed by atoms with Crippen LogP contribution in [0.2, 0.25) is 0 Å². The van der Waals surface area contributed by atoms with Gasteiger partial charge in [0.15, 0.2) is 0 Å². The second kappa shape index (κ2) is 18.5. The Kier molecular flexibility index (Phi) is 14.5. The first-order valence-electron chi connectivity index (χ1n) is 21.5. The van der Waals surface area contributed by atoms with E-state index in [4.69, 9.17) is 4.74 Å². The van der Waals surface area contributed by atoms with Gasteiger partial charge in [0.05, 0.1) is 37.5 Å². The highest BCUT2D eigenvalue weighted by atomic mass is 16.5. The topological polar surface area (TPSA) is 166 Å². The third-order valence-corrected chi connectivity index (χ3v) is 13.8. The van der Waals surface area contributed by atoms with Gasteiger partial charge in [-0.15, -0.1) is 6.58 Å². The summed E-state index contributed by atoms with van der Waals surface area (Å²) in [6.45, 7) is 17.4. The van der Waals surface area contributed by atoms with Gasteiger partial charge in [-0.05, 0) is 66.1 Å². The van der Waals surface area contributed by atoms with Crippen LogP contribution in [0.15, 0.2) is 12.7 Å². The molecule has 2 heterocycles. The Morgan fingerprint density at radius 3 is 2.23 bits per heavy atom. The molecule has 314 valence electrons. The van der Waals surface area contributed by atoms with E-state index in [9.17, 15) is 28.8 Å². The van der Waals surface area contributed by atoms with Crippen LogP contribution in [0, 0.1) is 34.0 Å². The normalized spacial score (nSPS) is 26.2. The highest BCUT2D eigenvalue weighted by Gasteiger charge is 2.68. The number of urea groups is 1. The highest BCUT2D eigenvalue weighted by Crippen LogP contribution is 2.64.